The standard InChI is InChI=1S/C11H15N/c1-4-5-6-7-8-11(9-12)10(2)3/h4-7H,8H2,1-3H3/b5-4+,7-6+. The van der Waals surface area contributed by atoms with E-state index >= 15 is 0 Å². The van der Waals surface area contributed by atoms with Crippen molar-refractivity contribution < 1.29 is 0 Å². The van der Waals surface area contributed by atoms with Gasteiger partial charge in [0, 0.05) is 12.0 Å². The molecule has 0 aromatic heterocycles. The van der Waals surface area contributed by atoms with Gasteiger partial charge in [0.05, 0.1) is 6.07 Å². The SMILES string of the molecule is C/C=C/C=C/CC(C#N)=C(C)C. The van der Waals surface area contributed by atoms with Crippen LogP contribution in [-0.2, 0) is 0 Å². The summed E-state index contributed by atoms with van der Waals surface area (Å²) in [5, 5.41) is 8.69. The predicted octanol–water partition coefficient (Wildman–Crippen LogP) is 3.37. The number of hydrogen-bond donors (Lipinski definition) is 0. The summed E-state index contributed by atoms with van der Waals surface area (Å²) >= 11 is 0. The van der Waals surface area contributed by atoms with Gasteiger partial charge in [-0.1, -0.05) is 29.9 Å². The zero-order chi connectivity index (χ0) is 9.40. The molecule has 0 saturated heterocycles. The van der Waals surface area contributed by atoms with Crippen molar-refractivity contribution in [2.45, 2.75) is 27.2 Å². The van der Waals surface area contributed by atoms with Gasteiger partial charge in [-0.05, 0) is 20.8 Å². The van der Waals surface area contributed by atoms with Crippen LogP contribution in [0.3, 0.4) is 0 Å². The van der Waals surface area contributed by atoms with E-state index < -0.39 is 0 Å². The molecule has 0 amide bonds. The Hall–Kier alpha value is -1.29. The minimum absolute atomic E-state index is 0.739. The van der Waals surface area contributed by atoms with E-state index in [0.29, 0.717) is 0 Å². The fraction of sp³-hybridized carbons (Fsp3) is 0.364. The van der Waals surface area contributed by atoms with Crippen LogP contribution >= 0.6 is 0 Å². The Balaban J connectivity index is 4.10. The van der Waals surface area contributed by atoms with E-state index in [1.165, 1.54) is 0 Å². The summed E-state index contributed by atoms with van der Waals surface area (Å²) in [7, 11) is 0. The van der Waals surface area contributed by atoms with Crippen molar-refractivity contribution in [2.75, 3.05) is 0 Å². The minimum Gasteiger partial charge on any atom is -0.193 e. The van der Waals surface area contributed by atoms with Crippen molar-refractivity contribution in [1.29, 1.82) is 5.26 Å². The molecule has 0 heterocycles. The van der Waals surface area contributed by atoms with Gasteiger partial charge in [-0.25, -0.2) is 0 Å². The summed E-state index contributed by atoms with van der Waals surface area (Å²) in [4.78, 5) is 0. The highest BCUT2D eigenvalue weighted by Crippen LogP contribution is 2.07. The van der Waals surface area contributed by atoms with Crippen molar-refractivity contribution in [1.82, 2.24) is 0 Å². The Labute approximate surface area is 74.7 Å². The van der Waals surface area contributed by atoms with Gasteiger partial charge in [0.1, 0.15) is 0 Å². The molecule has 0 aliphatic heterocycles. The molecule has 0 radical (unpaired) electrons. The molecule has 12 heavy (non-hydrogen) atoms. The summed E-state index contributed by atoms with van der Waals surface area (Å²) in [6, 6.07) is 2.18. The summed E-state index contributed by atoms with van der Waals surface area (Å²) in [6.07, 6.45) is 8.61. The largest absolute Gasteiger partial charge is 0.193 e. The molecular weight excluding hydrogens is 146 g/mol. The summed E-state index contributed by atoms with van der Waals surface area (Å²) in [5.41, 5.74) is 1.96. The van der Waals surface area contributed by atoms with Crippen LogP contribution in [0.25, 0.3) is 0 Å². The molecule has 0 unspecified atom stereocenters. The number of nitrogens with zero attached hydrogens (tertiary/aromatic N) is 1. The van der Waals surface area contributed by atoms with Crippen LogP contribution in [0.4, 0.5) is 0 Å². The molecule has 0 fully saturated rings. The van der Waals surface area contributed by atoms with Gasteiger partial charge in [-0.2, -0.15) is 5.26 Å². The molecule has 64 valence electrons. The van der Waals surface area contributed by atoms with Crippen molar-refractivity contribution in [2.24, 2.45) is 0 Å². The smallest absolute Gasteiger partial charge is 0.0949 e. The third-order valence-electron chi connectivity index (χ3n) is 1.50. The highest BCUT2D eigenvalue weighted by atomic mass is 14.2. The van der Waals surface area contributed by atoms with E-state index in [-0.39, 0.29) is 0 Å². The fourth-order valence-corrected chi connectivity index (χ4v) is 0.737. The topological polar surface area (TPSA) is 23.8 Å². The van der Waals surface area contributed by atoms with Crippen molar-refractivity contribution in [3.63, 3.8) is 0 Å². The Morgan fingerprint density at radius 2 is 2.00 bits per heavy atom. The number of hydrogen-bond acceptors (Lipinski definition) is 1. The maximum absolute atomic E-state index is 8.69. The van der Waals surface area contributed by atoms with Crippen molar-refractivity contribution >= 4 is 0 Å². The molecule has 0 atom stereocenters. The number of rotatable bonds is 3. The van der Waals surface area contributed by atoms with Gasteiger partial charge in [-0.3, -0.25) is 0 Å². The Morgan fingerprint density at radius 1 is 1.33 bits per heavy atom. The average Bonchev–Trinajstić information content (AvgIpc) is 2.04. The zero-order valence-electron chi connectivity index (χ0n) is 7.96. The second kappa shape index (κ2) is 6.42. The van der Waals surface area contributed by atoms with E-state index in [1.54, 1.807) is 0 Å². The Bertz CT molecular complexity index is 245. The second-order valence-corrected chi connectivity index (χ2v) is 2.75. The molecule has 0 aromatic carbocycles. The molecule has 0 saturated carbocycles. The first kappa shape index (κ1) is 10.7. The fourth-order valence-electron chi connectivity index (χ4n) is 0.737. The van der Waals surface area contributed by atoms with Crippen molar-refractivity contribution in [3.05, 3.63) is 35.5 Å². The van der Waals surface area contributed by atoms with Crippen LogP contribution in [0, 0.1) is 11.3 Å². The average molecular weight is 161 g/mol. The summed E-state index contributed by atoms with van der Waals surface area (Å²) in [5.74, 6) is 0. The third-order valence-corrected chi connectivity index (χ3v) is 1.50. The van der Waals surface area contributed by atoms with E-state index in [4.69, 9.17) is 5.26 Å². The molecule has 0 rings (SSSR count). The normalized spacial score (nSPS) is 10.5. The van der Waals surface area contributed by atoms with Gasteiger partial charge in [0.2, 0.25) is 0 Å². The van der Waals surface area contributed by atoms with Crippen LogP contribution in [-0.4, -0.2) is 0 Å². The van der Waals surface area contributed by atoms with E-state index in [0.717, 1.165) is 17.6 Å². The predicted molar refractivity (Wildman–Crippen MR) is 52.6 cm³/mol. The number of nitriles is 1. The number of allylic oxidation sites excluding steroid dienone is 6. The van der Waals surface area contributed by atoms with E-state index in [2.05, 4.69) is 6.07 Å². The van der Waals surface area contributed by atoms with Crippen LogP contribution in [0.1, 0.15) is 27.2 Å². The molecule has 0 N–H and O–H groups in total. The Kier molecular flexibility index (Phi) is 5.73. The van der Waals surface area contributed by atoms with Gasteiger partial charge >= 0.3 is 0 Å². The van der Waals surface area contributed by atoms with Crippen molar-refractivity contribution in [3.8, 4) is 6.07 Å². The molecule has 1 heteroatoms. The van der Waals surface area contributed by atoms with Crippen LogP contribution in [0.2, 0.25) is 0 Å². The van der Waals surface area contributed by atoms with Crippen LogP contribution in [0.5, 0.6) is 0 Å². The lowest BCUT2D eigenvalue weighted by Crippen LogP contribution is -1.79. The monoisotopic (exact) mass is 161 g/mol. The van der Waals surface area contributed by atoms with E-state index in [1.807, 2.05) is 45.1 Å². The zero-order valence-corrected chi connectivity index (χ0v) is 7.96. The first-order chi connectivity index (χ1) is 5.72. The van der Waals surface area contributed by atoms with Crippen LogP contribution < -0.4 is 0 Å². The molecule has 1 nitrogen and oxygen atoms in total. The molecule has 0 spiro atoms. The lowest BCUT2D eigenvalue weighted by Gasteiger charge is -1.93. The molecular formula is C11H15N. The van der Waals surface area contributed by atoms with Gasteiger partial charge in [0.15, 0.2) is 0 Å². The lowest BCUT2D eigenvalue weighted by molar-refractivity contribution is 1.19. The maximum atomic E-state index is 8.69. The quantitative estimate of drug-likeness (QED) is 0.460. The summed E-state index contributed by atoms with van der Waals surface area (Å²) in [6.45, 7) is 5.89. The maximum Gasteiger partial charge on any atom is 0.0949 e. The molecule has 0 aliphatic carbocycles. The first-order valence-electron chi connectivity index (χ1n) is 4.06. The van der Waals surface area contributed by atoms with Gasteiger partial charge in [-0.15, -0.1) is 0 Å². The van der Waals surface area contributed by atoms with E-state index in [9.17, 15) is 0 Å². The lowest BCUT2D eigenvalue weighted by atomic mass is 10.1. The molecule has 0 aromatic rings. The molecule has 0 bridgehead atoms. The van der Waals surface area contributed by atoms with Gasteiger partial charge < -0.3 is 0 Å². The highest BCUT2D eigenvalue weighted by Gasteiger charge is 1.92. The molecule has 0 aliphatic rings. The second-order valence-electron chi connectivity index (χ2n) is 2.75. The highest BCUT2D eigenvalue weighted by molar-refractivity contribution is 5.28. The first-order valence-corrected chi connectivity index (χ1v) is 4.06. The summed E-state index contributed by atoms with van der Waals surface area (Å²) < 4.78 is 0. The minimum atomic E-state index is 0.739. The van der Waals surface area contributed by atoms with Gasteiger partial charge in [0.25, 0.3) is 0 Å². The van der Waals surface area contributed by atoms with Crippen LogP contribution in [0.15, 0.2) is 35.5 Å². The third kappa shape index (κ3) is 4.51. The Morgan fingerprint density at radius 3 is 2.42 bits per heavy atom.